The molecule has 1 fully saturated rings. The molecular weight excluding hydrogens is 152 g/mol. The van der Waals surface area contributed by atoms with Crippen molar-refractivity contribution in [3.05, 3.63) is 0 Å². The summed E-state index contributed by atoms with van der Waals surface area (Å²) in [7, 11) is 1.75. The lowest BCUT2D eigenvalue weighted by Gasteiger charge is -2.29. The van der Waals surface area contributed by atoms with Gasteiger partial charge in [-0.3, -0.25) is 4.90 Å². The van der Waals surface area contributed by atoms with E-state index in [4.69, 9.17) is 10.00 Å². The molecule has 0 radical (unpaired) electrons. The third-order valence-electron chi connectivity index (χ3n) is 2.40. The van der Waals surface area contributed by atoms with Gasteiger partial charge in [0.2, 0.25) is 0 Å². The Hall–Kier alpha value is -0.590. The molecule has 1 heterocycles. The van der Waals surface area contributed by atoms with Crippen molar-refractivity contribution in [3.8, 4) is 6.07 Å². The van der Waals surface area contributed by atoms with Crippen LogP contribution >= 0.6 is 0 Å². The Balaban J connectivity index is 2.16. The van der Waals surface area contributed by atoms with E-state index in [0.29, 0.717) is 12.5 Å². The highest BCUT2D eigenvalue weighted by Crippen LogP contribution is 2.16. The molecule has 1 aliphatic heterocycles. The lowest BCUT2D eigenvalue weighted by molar-refractivity contribution is 0.105. The van der Waals surface area contributed by atoms with Gasteiger partial charge in [-0.2, -0.15) is 5.26 Å². The van der Waals surface area contributed by atoms with Gasteiger partial charge < -0.3 is 4.74 Å². The molecule has 68 valence electrons. The molecule has 12 heavy (non-hydrogen) atoms. The number of likely N-dealkylation sites (tertiary alicyclic amines) is 1. The Morgan fingerprint density at radius 1 is 1.50 bits per heavy atom. The first-order valence-electron chi connectivity index (χ1n) is 4.45. The maximum absolute atomic E-state index is 8.47. The molecule has 1 saturated heterocycles. The van der Waals surface area contributed by atoms with Crippen LogP contribution in [0, 0.1) is 17.2 Å². The predicted molar refractivity (Wildman–Crippen MR) is 46.7 cm³/mol. The van der Waals surface area contributed by atoms with Gasteiger partial charge in [0.25, 0.3) is 0 Å². The number of nitrogens with zero attached hydrogens (tertiary/aromatic N) is 2. The third kappa shape index (κ3) is 2.80. The highest BCUT2D eigenvalue weighted by molar-refractivity contribution is 4.80. The number of nitriles is 1. The van der Waals surface area contributed by atoms with E-state index in [1.54, 1.807) is 7.11 Å². The highest BCUT2D eigenvalue weighted by Gasteiger charge is 2.17. The van der Waals surface area contributed by atoms with E-state index in [2.05, 4.69) is 11.0 Å². The van der Waals surface area contributed by atoms with Crippen molar-refractivity contribution in [2.75, 3.05) is 33.4 Å². The maximum atomic E-state index is 8.47. The van der Waals surface area contributed by atoms with Crippen LogP contribution in [0.2, 0.25) is 0 Å². The highest BCUT2D eigenvalue weighted by atomic mass is 16.5. The molecule has 0 aromatic carbocycles. The average Bonchev–Trinajstić information content (AvgIpc) is 2.09. The van der Waals surface area contributed by atoms with E-state index in [-0.39, 0.29) is 0 Å². The molecule has 0 aliphatic carbocycles. The second-order valence-electron chi connectivity index (χ2n) is 3.33. The Morgan fingerprint density at radius 3 is 2.67 bits per heavy atom. The van der Waals surface area contributed by atoms with Gasteiger partial charge in [-0.1, -0.05) is 0 Å². The van der Waals surface area contributed by atoms with E-state index in [1.165, 1.54) is 12.8 Å². The first-order valence-corrected chi connectivity index (χ1v) is 4.45. The zero-order valence-corrected chi connectivity index (χ0v) is 7.62. The minimum atomic E-state index is 0.583. The minimum Gasteiger partial charge on any atom is -0.384 e. The van der Waals surface area contributed by atoms with Crippen molar-refractivity contribution >= 4 is 0 Å². The Labute approximate surface area is 73.9 Å². The average molecular weight is 168 g/mol. The number of methoxy groups -OCH3 is 1. The molecule has 1 aliphatic rings. The topological polar surface area (TPSA) is 36.3 Å². The van der Waals surface area contributed by atoms with Gasteiger partial charge in [0.15, 0.2) is 0 Å². The lowest BCUT2D eigenvalue weighted by Crippen LogP contribution is -2.35. The second kappa shape index (κ2) is 5.13. The summed E-state index contributed by atoms with van der Waals surface area (Å²) in [6.45, 7) is 3.57. The fourth-order valence-corrected chi connectivity index (χ4v) is 1.65. The SMILES string of the molecule is COCC1CCN(CC#N)CC1. The molecular formula is C9H16N2O. The van der Waals surface area contributed by atoms with Crippen molar-refractivity contribution in [1.82, 2.24) is 4.90 Å². The van der Waals surface area contributed by atoms with Gasteiger partial charge >= 0.3 is 0 Å². The fourth-order valence-electron chi connectivity index (χ4n) is 1.65. The Kier molecular flexibility index (Phi) is 4.06. The normalized spacial score (nSPS) is 20.7. The fraction of sp³-hybridized carbons (Fsp3) is 0.889. The first kappa shape index (κ1) is 9.50. The van der Waals surface area contributed by atoms with Crippen molar-refractivity contribution in [1.29, 1.82) is 5.26 Å². The lowest BCUT2D eigenvalue weighted by atomic mass is 9.98. The molecule has 0 bridgehead atoms. The molecule has 0 atom stereocenters. The van der Waals surface area contributed by atoms with E-state index in [1.807, 2.05) is 0 Å². The predicted octanol–water partition coefficient (Wildman–Crippen LogP) is 0.868. The summed E-state index contributed by atoms with van der Waals surface area (Å²) in [5, 5.41) is 8.47. The maximum Gasteiger partial charge on any atom is 0.0865 e. The van der Waals surface area contributed by atoms with Gasteiger partial charge in [-0.05, 0) is 31.8 Å². The number of hydrogen-bond donors (Lipinski definition) is 0. The van der Waals surface area contributed by atoms with Crippen LogP contribution in [-0.4, -0.2) is 38.3 Å². The van der Waals surface area contributed by atoms with Crippen molar-refractivity contribution < 1.29 is 4.74 Å². The van der Waals surface area contributed by atoms with Gasteiger partial charge in [0, 0.05) is 13.7 Å². The Morgan fingerprint density at radius 2 is 2.17 bits per heavy atom. The smallest absolute Gasteiger partial charge is 0.0865 e. The summed E-state index contributed by atoms with van der Waals surface area (Å²) in [6, 6.07) is 2.18. The number of hydrogen-bond acceptors (Lipinski definition) is 3. The van der Waals surface area contributed by atoms with Crippen LogP contribution in [0.5, 0.6) is 0 Å². The van der Waals surface area contributed by atoms with Crippen LogP contribution < -0.4 is 0 Å². The summed E-state index contributed by atoms with van der Waals surface area (Å²) < 4.78 is 5.09. The number of piperidine rings is 1. The van der Waals surface area contributed by atoms with Gasteiger partial charge in [-0.15, -0.1) is 0 Å². The van der Waals surface area contributed by atoms with Crippen LogP contribution in [0.4, 0.5) is 0 Å². The summed E-state index contributed by atoms with van der Waals surface area (Å²) in [5.74, 6) is 0.713. The number of ether oxygens (including phenoxy) is 1. The van der Waals surface area contributed by atoms with Gasteiger partial charge in [0.05, 0.1) is 12.6 Å². The van der Waals surface area contributed by atoms with Crippen molar-refractivity contribution in [2.24, 2.45) is 5.92 Å². The van der Waals surface area contributed by atoms with Crippen LogP contribution in [0.15, 0.2) is 0 Å². The third-order valence-corrected chi connectivity index (χ3v) is 2.40. The molecule has 0 N–H and O–H groups in total. The molecule has 0 spiro atoms. The summed E-state index contributed by atoms with van der Waals surface area (Å²) in [6.07, 6.45) is 2.35. The molecule has 0 saturated carbocycles. The van der Waals surface area contributed by atoms with Crippen LogP contribution in [0.3, 0.4) is 0 Å². The molecule has 0 amide bonds. The van der Waals surface area contributed by atoms with Crippen LogP contribution in [-0.2, 0) is 4.74 Å². The van der Waals surface area contributed by atoms with E-state index in [0.717, 1.165) is 19.7 Å². The largest absolute Gasteiger partial charge is 0.384 e. The Bertz CT molecular complexity index is 156. The summed E-state index contributed by atoms with van der Waals surface area (Å²) >= 11 is 0. The zero-order chi connectivity index (χ0) is 8.81. The molecule has 3 nitrogen and oxygen atoms in total. The second-order valence-corrected chi connectivity index (χ2v) is 3.33. The van der Waals surface area contributed by atoms with Crippen molar-refractivity contribution in [3.63, 3.8) is 0 Å². The molecule has 1 rings (SSSR count). The van der Waals surface area contributed by atoms with E-state index < -0.39 is 0 Å². The zero-order valence-electron chi connectivity index (χ0n) is 7.62. The summed E-state index contributed by atoms with van der Waals surface area (Å²) in [4.78, 5) is 2.20. The summed E-state index contributed by atoms with van der Waals surface area (Å²) in [5.41, 5.74) is 0. The van der Waals surface area contributed by atoms with E-state index >= 15 is 0 Å². The minimum absolute atomic E-state index is 0.583. The molecule has 3 heteroatoms. The quantitative estimate of drug-likeness (QED) is 0.587. The van der Waals surface area contributed by atoms with Crippen LogP contribution in [0.25, 0.3) is 0 Å². The van der Waals surface area contributed by atoms with Crippen LogP contribution in [0.1, 0.15) is 12.8 Å². The monoisotopic (exact) mass is 168 g/mol. The molecule has 0 aromatic rings. The molecule has 0 aromatic heterocycles. The number of rotatable bonds is 3. The van der Waals surface area contributed by atoms with Gasteiger partial charge in [0.1, 0.15) is 0 Å². The van der Waals surface area contributed by atoms with E-state index in [9.17, 15) is 0 Å². The molecule has 0 unspecified atom stereocenters. The standard InChI is InChI=1S/C9H16N2O/c1-12-8-9-2-5-11(6-3-9)7-4-10/h9H,2-3,5-8H2,1H3. The first-order chi connectivity index (χ1) is 5.86. The van der Waals surface area contributed by atoms with Crippen molar-refractivity contribution in [2.45, 2.75) is 12.8 Å². The van der Waals surface area contributed by atoms with Gasteiger partial charge in [-0.25, -0.2) is 0 Å².